The summed E-state index contributed by atoms with van der Waals surface area (Å²) in [6.07, 6.45) is 1.04. The van der Waals surface area contributed by atoms with E-state index in [1.807, 2.05) is 0 Å². The summed E-state index contributed by atoms with van der Waals surface area (Å²) in [7, 11) is -4.29. The van der Waals surface area contributed by atoms with Crippen LogP contribution in [0.5, 0.6) is 0 Å². The summed E-state index contributed by atoms with van der Waals surface area (Å²) in [6.45, 7) is 4.81. The molecule has 0 aliphatic rings. The van der Waals surface area contributed by atoms with Crippen LogP contribution in [0.15, 0.2) is 36.9 Å². The first-order valence-electron chi connectivity index (χ1n) is 5.28. The van der Waals surface area contributed by atoms with Crippen molar-refractivity contribution >= 4 is 16.0 Å². The number of benzene rings is 1. The first-order valence-corrected chi connectivity index (χ1v) is 6.78. The second-order valence-electron chi connectivity index (χ2n) is 3.81. The fourth-order valence-electron chi connectivity index (χ4n) is 1.59. The highest BCUT2D eigenvalue weighted by Gasteiger charge is 2.26. The molecule has 18 heavy (non-hydrogen) atoms. The number of nitrogens with one attached hydrogen (secondary N) is 1. The van der Waals surface area contributed by atoms with Crippen LogP contribution >= 0.6 is 0 Å². The van der Waals surface area contributed by atoms with E-state index in [1.165, 1.54) is 0 Å². The molecule has 0 fully saturated rings. The van der Waals surface area contributed by atoms with Gasteiger partial charge in [-0.1, -0.05) is 30.8 Å². The van der Waals surface area contributed by atoms with Crippen molar-refractivity contribution in [3.63, 3.8) is 0 Å². The average molecular weight is 269 g/mol. The predicted molar refractivity (Wildman–Crippen MR) is 68.7 cm³/mol. The maximum absolute atomic E-state index is 11.4. The van der Waals surface area contributed by atoms with Gasteiger partial charge in [-0.3, -0.25) is 9.35 Å². The van der Waals surface area contributed by atoms with Crippen LogP contribution in [0, 0.1) is 6.92 Å². The minimum Gasteiger partial charge on any atom is -0.351 e. The van der Waals surface area contributed by atoms with Crippen LogP contribution in [-0.4, -0.2) is 25.4 Å². The zero-order valence-corrected chi connectivity index (χ0v) is 10.8. The second-order valence-corrected chi connectivity index (χ2v) is 5.41. The summed E-state index contributed by atoms with van der Waals surface area (Å²) in [5, 5.41) is 1.19. The molecule has 0 bridgehead atoms. The van der Waals surface area contributed by atoms with Crippen LogP contribution in [0.2, 0.25) is 0 Å². The van der Waals surface area contributed by atoms with E-state index in [-0.39, 0.29) is 6.54 Å². The Hall–Kier alpha value is -1.66. The van der Waals surface area contributed by atoms with Gasteiger partial charge in [0, 0.05) is 6.54 Å². The quantitative estimate of drug-likeness (QED) is 0.622. The van der Waals surface area contributed by atoms with Gasteiger partial charge in [0.05, 0.1) is 0 Å². The number of hydrogen-bond donors (Lipinski definition) is 2. The number of rotatable bonds is 5. The lowest BCUT2D eigenvalue weighted by molar-refractivity contribution is -0.116. The molecule has 1 aromatic carbocycles. The summed E-state index contributed by atoms with van der Waals surface area (Å²) in [4.78, 5) is 11.1. The van der Waals surface area contributed by atoms with Crippen LogP contribution in [0.25, 0.3) is 0 Å². The molecule has 1 atom stereocenters. The van der Waals surface area contributed by atoms with Gasteiger partial charge in [-0.15, -0.1) is 0 Å². The highest BCUT2D eigenvalue weighted by atomic mass is 32.2. The molecule has 0 saturated carbocycles. The Labute approximate surface area is 106 Å². The SMILES string of the molecule is C=CC(=O)NCC(c1ccccc1C)S(=O)(=O)O. The normalized spacial score (nSPS) is 12.8. The fraction of sp³-hybridized carbons (Fsp3) is 0.250. The molecule has 1 aromatic rings. The van der Waals surface area contributed by atoms with E-state index in [1.54, 1.807) is 31.2 Å². The van der Waals surface area contributed by atoms with E-state index >= 15 is 0 Å². The minimum atomic E-state index is -4.29. The number of aryl methyl sites for hydroxylation is 1. The molecule has 2 N–H and O–H groups in total. The average Bonchev–Trinajstić information content (AvgIpc) is 2.29. The summed E-state index contributed by atoms with van der Waals surface area (Å²) in [6, 6.07) is 6.79. The van der Waals surface area contributed by atoms with Crippen molar-refractivity contribution in [3.05, 3.63) is 48.0 Å². The Balaban J connectivity index is 3.04. The maximum Gasteiger partial charge on any atom is 0.273 e. The molecule has 0 radical (unpaired) electrons. The van der Waals surface area contributed by atoms with Gasteiger partial charge in [-0.05, 0) is 24.1 Å². The summed E-state index contributed by atoms with van der Waals surface area (Å²) >= 11 is 0. The lowest BCUT2D eigenvalue weighted by Gasteiger charge is -2.16. The van der Waals surface area contributed by atoms with E-state index in [4.69, 9.17) is 0 Å². The molecule has 5 nitrogen and oxygen atoms in total. The monoisotopic (exact) mass is 269 g/mol. The van der Waals surface area contributed by atoms with Gasteiger partial charge >= 0.3 is 0 Å². The zero-order chi connectivity index (χ0) is 13.8. The molecular weight excluding hydrogens is 254 g/mol. The van der Waals surface area contributed by atoms with Gasteiger partial charge < -0.3 is 5.32 Å². The highest BCUT2D eigenvalue weighted by Crippen LogP contribution is 2.23. The van der Waals surface area contributed by atoms with E-state index in [0.29, 0.717) is 5.56 Å². The standard InChI is InChI=1S/C12H15NO4S/c1-3-12(14)13-8-11(18(15,16)17)10-7-5-4-6-9(10)2/h3-7,11H,1,8H2,2H3,(H,13,14)(H,15,16,17). The largest absolute Gasteiger partial charge is 0.351 e. The van der Waals surface area contributed by atoms with E-state index in [2.05, 4.69) is 11.9 Å². The third kappa shape index (κ3) is 3.68. The number of amides is 1. The summed E-state index contributed by atoms with van der Waals surface area (Å²) in [5.74, 6) is -0.489. The number of hydrogen-bond acceptors (Lipinski definition) is 3. The van der Waals surface area contributed by atoms with Crippen molar-refractivity contribution < 1.29 is 17.8 Å². The van der Waals surface area contributed by atoms with Gasteiger partial charge in [-0.2, -0.15) is 8.42 Å². The molecule has 0 aliphatic heterocycles. The molecule has 0 aliphatic carbocycles. The highest BCUT2D eigenvalue weighted by molar-refractivity contribution is 7.86. The van der Waals surface area contributed by atoms with Gasteiger partial charge in [0.25, 0.3) is 10.1 Å². The smallest absolute Gasteiger partial charge is 0.273 e. The summed E-state index contributed by atoms with van der Waals surface area (Å²) < 4.78 is 32.0. The Morgan fingerprint density at radius 2 is 2.11 bits per heavy atom. The van der Waals surface area contributed by atoms with Crippen molar-refractivity contribution in [3.8, 4) is 0 Å². The van der Waals surface area contributed by atoms with E-state index < -0.39 is 21.3 Å². The van der Waals surface area contributed by atoms with E-state index in [9.17, 15) is 17.8 Å². The van der Waals surface area contributed by atoms with Gasteiger partial charge in [0.2, 0.25) is 5.91 Å². The Morgan fingerprint density at radius 3 is 2.61 bits per heavy atom. The third-order valence-electron chi connectivity index (χ3n) is 2.54. The summed E-state index contributed by atoms with van der Waals surface area (Å²) in [5.41, 5.74) is 1.19. The zero-order valence-electron chi connectivity index (χ0n) is 9.96. The molecule has 0 aromatic heterocycles. The topological polar surface area (TPSA) is 83.5 Å². The molecular formula is C12H15NO4S. The molecule has 98 valence electrons. The maximum atomic E-state index is 11.4. The predicted octanol–water partition coefficient (Wildman–Crippen LogP) is 1.23. The van der Waals surface area contributed by atoms with Crippen molar-refractivity contribution in [2.24, 2.45) is 0 Å². The molecule has 0 heterocycles. The Kier molecular flexibility index (Phi) is 4.63. The molecule has 6 heteroatoms. The van der Waals surface area contributed by atoms with Crippen molar-refractivity contribution in [2.45, 2.75) is 12.2 Å². The van der Waals surface area contributed by atoms with Gasteiger partial charge in [-0.25, -0.2) is 0 Å². The number of carbonyl (C=O) groups excluding carboxylic acids is 1. The fourth-order valence-corrected chi connectivity index (χ4v) is 2.47. The molecule has 0 spiro atoms. The van der Waals surface area contributed by atoms with Crippen molar-refractivity contribution in [2.75, 3.05) is 6.54 Å². The van der Waals surface area contributed by atoms with Crippen molar-refractivity contribution in [1.29, 1.82) is 0 Å². The van der Waals surface area contributed by atoms with Crippen LogP contribution in [-0.2, 0) is 14.9 Å². The van der Waals surface area contributed by atoms with Gasteiger partial charge in [0.15, 0.2) is 0 Å². The van der Waals surface area contributed by atoms with Crippen LogP contribution in [0.1, 0.15) is 16.4 Å². The van der Waals surface area contributed by atoms with Crippen molar-refractivity contribution in [1.82, 2.24) is 5.32 Å². The van der Waals surface area contributed by atoms with E-state index in [0.717, 1.165) is 11.6 Å². The van der Waals surface area contributed by atoms with Gasteiger partial charge in [0.1, 0.15) is 5.25 Å². The molecule has 1 rings (SSSR count). The molecule has 1 amide bonds. The van der Waals surface area contributed by atoms with Crippen LogP contribution in [0.3, 0.4) is 0 Å². The Morgan fingerprint density at radius 1 is 1.50 bits per heavy atom. The minimum absolute atomic E-state index is 0.200. The lowest BCUT2D eigenvalue weighted by Crippen LogP contribution is -2.30. The first kappa shape index (κ1) is 14.4. The molecule has 0 saturated heterocycles. The third-order valence-corrected chi connectivity index (χ3v) is 3.68. The first-order chi connectivity index (χ1) is 8.36. The Bertz CT molecular complexity index is 551. The van der Waals surface area contributed by atoms with Crippen LogP contribution < -0.4 is 5.32 Å². The molecule has 1 unspecified atom stereocenters. The van der Waals surface area contributed by atoms with Crippen LogP contribution in [0.4, 0.5) is 0 Å². The number of carbonyl (C=O) groups is 1. The lowest BCUT2D eigenvalue weighted by atomic mass is 10.1. The second kappa shape index (κ2) is 5.79.